The zero-order valence-corrected chi connectivity index (χ0v) is 15.9. The van der Waals surface area contributed by atoms with E-state index in [9.17, 15) is 28.5 Å². The van der Waals surface area contributed by atoms with Crippen molar-refractivity contribution in [1.29, 1.82) is 0 Å². The predicted octanol–water partition coefficient (Wildman–Crippen LogP) is 3.58. The topological polar surface area (TPSA) is 108 Å². The maximum atomic E-state index is 13.6. The third-order valence-corrected chi connectivity index (χ3v) is 3.82. The average molecular weight is 459 g/mol. The molecule has 1 N–H and O–H groups in total. The second-order valence-corrected chi connectivity index (χ2v) is 6.32. The molecule has 1 unspecified atom stereocenters. The molecule has 28 heavy (non-hydrogen) atoms. The molecule has 1 atom stereocenters. The van der Waals surface area contributed by atoms with Crippen molar-refractivity contribution in [2.45, 2.75) is 13.0 Å². The fourth-order valence-corrected chi connectivity index (χ4v) is 2.32. The standard InChI is InChI=1S/C17H13BrF2N2O6/c1-9(17(24)21-11-3-4-12(19)14(7-11)22(25)26)28-16(23)8-27-15-5-2-10(18)6-13(15)20/h2-7,9H,8H2,1H3,(H,21,24). The van der Waals surface area contributed by atoms with Crippen molar-refractivity contribution in [3.05, 3.63) is 62.6 Å². The molecule has 0 aliphatic carbocycles. The summed E-state index contributed by atoms with van der Waals surface area (Å²) in [6, 6.07) is 6.75. The Hall–Kier alpha value is -3.08. The summed E-state index contributed by atoms with van der Waals surface area (Å²) in [4.78, 5) is 33.5. The Morgan fingerprint density at radius 3 is 2.57 bits per heavy atom. The number of nitrogens with zero attached hydrogens (tertiary/aromatic N) is 1. The average Bonchev–Trinajstić information content (AvgIpc) is 2.62. The van der Waals surface area contributed by atoms with Crippen LogP contribution >= 0.6 is 15.9 Å². The molecule has 0 radical (unpaired) electrons. The number of amides is 1. The molecule has 11 heteroatoms. The van der Waals surface area contributed by atoms with Gasteiger partial charge in [-0.25, -0.2) is 9.18 Å². The third kappa shape index (κ3) is 5.71. The van der Waals surface area contributed by atoms with Gasteiger partial charge < -0.3 is 14.8 Å². The van der Waals surface area contributed by atoms with Crippen LogP contribution in [0.15, 0.2) is 40.9 Å². The first-order valence-corrected chi connectivity index (χ1v) is 8.49. The van der Waals surface area contributed by atoms with Crippen molar-refractivity contribution in [2.24, 2.45) is 0 Å². The molecule has 0 aromatic heterocycles. The van der Waals surface area contributed by atoms with Crippen LogP contribution in [0, 0.1) is 21.7 Å². The number of ether oxygens (including phenoxy) is 2. The minimum absolute atomic E-state index is 0.0471. The van der Waals surface area contributed by atoms with Crippen molar-refractivity contribution < 1.29 is 32.8 Å². The Kier molecular flexibility index (Phi) is 6.99. The molecule has 0 saturated heterocycles. The number of benzene rings is 2. The molecule has 2 rings (SSSR count). The van der Waals surface area contributed by atoms with Gasteiger partial charge in [0.05, 0.1) is 4.92 Å². The van der Waals surface area contributed by atoms with E-state index in [-0.39, 0.29) is 11.4 Å². The molecule has 0 aliphatic heterocycles. The molecule has 0 aliphatic rings. The zero-order valence-electron chi connectivity index (χ0n) is 14.3. The summed E-state index contributed by atoms with van der Waals surface area (Å²) < 4.78 is 37.2. The Balaban J connectivity index is 1.90. The van der Waals surface area contributed by atoms with Crippen LogP contribution in [-0.2, 0) is 14.3 Å². The number of anilines is 1. The van der Waals surface area contributed by atoms with E-state index in [1.54, 1.807) is 0 Å². The van der Waals surface area contributed by atoms with Crippen LogP contribution < -0.4 is 10.1 Å². The van der Waals surface area contributed by atoms with Crippen LogP contribution in [0.25, 0.3) is 0 Å². The molecule has 0 saturated carbocycles. The number of nitrogens with one attached hydrogen (secondary N) is 1. The summed E-state index contributed by atoms with van der Waals surface area (Å²) in [5.74, 6) is -3.65. The molecule has 8 nitrogen and oxygen atoms in total. The lowest BCUT2D eigenvalue weighted by atomic mass is 10.2. The highest BCUT2D eigenvalue weighted by Gasteiger charge is 2.21. The fraction of sp³-hybridized carbons (Fsp3) is 0.176. The van der Waals surface area contributed by atoms with E-state index in [4.69, 9.17) is 9.47 Å². The first-order chi connectivity index (χ1) is 13.2. The Morgan fingerprint density at radius 1 is 1.21 bits per heavy atom. The molecule has 1 amide bonds. The van der Waals surface area contributed by atoms with Gasteiger partial charge in [-0.3, -0.25) is 14.9 Å². The molecular formula is C17H13BrF2N2O6. The van der Waals surface area contributed by atoms with Crippen molar-refractivity contribution in [1.82, 2.24) is 0 Å². The van der Waals surface area contributed by atoms with Crippen molar-refractivity contribution in [3.63, 3.8) is 0 Å². The van der Waals surface area contributed by atoms with Gasteiger partial charge in [-0.2, -0.15) is 4.39 Å². The summed E-state index contributed by atoms with van der Waals surface area (Å²) in [6.45, 7) is 0.615. The lowest BCUT2D eigenvalue weighted by Gasteiger charge is -2.14. The number of nitro benzene ring substituents is 1. The lowest BCUT2D eigenvalue weighted by molar-refractivity contribution is -0.387. The van der Waals surface area contributed by atoms with Crippen LogP contribution in [0.1, 0.15) is 6.92 Å². The first kappa shape index (κ1) is 21.2. The Labute approximate surface area is 165 Å². The first-order valence-electron chi connectivity index (χ1n) is 7.69. The van der Waals surface area contributed by atoms with Gasteiger partial charge in [0.1, 0.15) is 0 Å². The van der Waals surface area contributed by atoms with Gasteiger partial charge in [-0.15, -0.1) is 0 Å². The summed E-state index contributed by atoms with van der Waals surface area (Å²) in [6.07, 6.45) is -1.28. The zero-order chi connectivity index (χ0) is 20.8. The number of rotatable bonds is 7. The van der Waals surface area contributed by atoms with Crippen LogP contribution in [0.4, 0.5) is 20.2 Å². The molecule has 148 valence electrons. The molecule has 0 spiro atoms. The van der Waals surface area contributed by atoms with Gasteiger partial charge in [0, 0.05) is 16.2 Å². The largest absolute Gasteiger partial charge is 0.479 e. The Bertz CT molecular complexity index is 925. The minimum atomic E-state index is -1.28. The second kappa shape index (κ2) is 9.22. The van der Waals surface area contributed by atoms with Gasteiger partial charge in [-0.1, -0.05) is 15.9 Å². The number of carbonyl (C=O) groups is 2. The maximum absolute atomic E-state index is 13.6. The highest BCUT2D eigenvalue weighted by Crippen LogP contribution is 2.22. The van der Waals surface area contributed by atoms with E-state index < -0.39 is 46.8 Å². The van der Waals surface area contributed by atoms with Crippen LogP contribution in [0.3, 0.4) is 0 Å². The second-order valence-electron chi connectivity index (χ2n) is 5.41. The smallest absolute Gasteiger partial charge is 0.344 e. The fourth-order valence-electron chi connectivity index (χ4n) is 1.99. The summed E-state index contributed by atoms with van der Waals surface area (Å²) >= 11 is 3.08. The van der Waals surface area contributed by atoms with Crippen molar-refractivity contribution in [2.75, 3.05) is 11.9 Å². The van der Waals surface area contributed by atoms with Crippen molar-refractivity contribution in [3.8, 4) is 5.75 Å². The number of carbonyl (C=O) groups excluding carboxylic acids is 2. The molecule has 2 aromatic carbocycles. The third-order valence-electron chi connectivity index (χ3n) is 3.33. The highest BCUT2D eigenvalue weighted by molar-refractivity contribution is 9.10. The predicted molar refractivity (Wildman–Crippen MR) is 96.8 cm³/mol. The SMILES string of the molecule is CC(OC(=O)COc1ccc(Br)cc1F)C(=O)Nc1ccc(F)c([N+](=O)[O-])c1. The van der Waals surface area contributed by atoms with E-state index in [0.717, 1.165) is 24.3 Å². The van der Waals surface area contributed by atoms with E-state index in [1.165, 1.54) is 19.1 Å². The Morgan fingerprint density at radius 2 is 1.93 bits per heavy atom. The summed E-state index contributed by atoms with van der Waals surface area (Å²) in [5.41, 5.74) is -0.860. The maximum Gasteiger partial charge on any atom is 0.344 e. The number of halogens is 3. The van der Waals surface area contributed by atoms with Gasteiger partial charge in [0.25, 0.3) is 5.91 Å². The van der Waals surface area contributed by atoms with Gasteiger partial charge in [0.15, 0.2) is 24.3 Å². The van der Waals surface area contributed by atoms with Gasteiger partial charge in [0.2, 0.25) is 5.82 Å². The number of hydrogen-bond donors (Lipinski definition) is 1. The quantitative estimate of drug-likeness (QED) is 0.385. The molecular weight excluding hydrogens is 446 g/mol. The van der Waals surface area contributed by atoms with Crippen LogP contribution in [0.2, 0.25) is 0 Å². The van der Waals surface area contributed by atoms with Crippen LogP contribution in [0.5, 0.6) is 5.75 Å². The normalized spacial score (nSPS) is 11.4. The van der Waals surface area contributed by atoms with Gasteiger partial charge in [-0.05, 0) is 37.3 Å². The summed E-state index contributed by atoms with van der Waals surface area (Å²) in [7, 11) is 0. The number of nitro groups is 1. The minimum Gasteiger partial charge on any atom is -0.479 e. The summed E-state index contributed by atoms with van der Waals surface area (Å²) in [5, 5.41) is 13.0. The van der Waals surface area contributed by atoms with E-state index in [1.807, 2.05) is 0 Å². The van der Waals surface area contributed by atoms with Crippen LogP contribution in [-0.4, -0.2) is 29.5 Å². The molecule has 2 aromatic rings. The molecule has 0 fully saturated rings. The number of hydrogen-bond acceptors (Lipinski definition) is 6. The van der Waals surface area contributed by atoms with E-state index in [2.05, 4.69) is 21.2 Å². The molecule has 0 bridgehead atoms. The van der Waals surface area contributed by atoms with Crippen molar-refractivity contribution >= 4 is 39.2 Å². The van der Waals surface area contributed by atoms with E-state index >= 15 is 0 Å². The van der Waals surface area contributed by atoms with Gasteiger partial charge >= 0.3 is 11.7 Å². The van der Waals surface area contributed by atoms with E-state index in [0.29, 0.717) is 4.47 Å². The monoisotopic (exact) mass is 458 g/mol. The highest BCUT2D eigenvalue weighted by atomic mass is 79.9. The lowest BCUT2D eigenvalue weighted by Crippen LogP contribution is -2.31. The number of esters is 1. The molecule has 0 heterocycles.